The second-order valence-electron chi connectivity index (χ2n) is 3.60. The number of nitrogens with zero attached hydrogens (tertiary/aromatic N) is 2. The van der Waals surface area contributed by atoms with Crippen LogP contribution in [0, 0.1) is 16.0 Å². The average Bonchev–Trinajstić information content (AvgIpc) is 2.01. The topological polar surface area (TPSA) is 46.4 Å². The summed E-state index contributed by atoms with van der Waals surface area (Å²) >= 11 is 0. The lowest BCUT2D eigenvalue weighted by molar-refractivity contribution is -0.480. The van der Waals surface area contributed by atoms with Crippen molar-refractivity contribution in [3.05, 3.63) is 10.1 Å². The Labute approximate surface area is 72.7 Å². The van der Waals surface area contributed by atoms with Crippen molar-refractivity contribution >= 4 is 0 Å². The lowest BCUT2D eigenvalue weighted by Crippen LogP contribution is -2.37. The van der Waals surface area contributed by atoms with Gasteiger partial charge in [-0.05, 0) is 25.3 Å². The molecule has 1 aliphatic heterocycles. The van der Waals surface area contributed by atoms with Gasteiger partial charge in [-0.1, -0.05) is 6.92 Å². The van der Waals surface area contributed by atoms with Crippen LogP contribution in [-0.4, -0.2) is 36.0 Å². The standard InChI is InChI=1S/C8H16N2O2/c1-8-3-2-4-9(7-8)5-6-10(11)12/h8H,2-7H2,1H3. The van der Waals surface area contributed by atoms with Crippen molar-refractivity contribution in [2.45, 2.75) is 19.8 Å². The van der Waals surface area contributed by atoms with Crippen molar-refractivity contribution in [3.63, 3.8) is 0 Å². The molecule has 4 nitrogen and oxygen atoms in total. The van der Waals surface area contributed by atoms with Crippen molar-refractivity contribution in [2.24, 2.45) is 5.92 Å². The molecule has 0 aliphatic carbocycles. The normalized spacial score (nSPS) is 25.6. The molecule has 0 aromatic heterocycles. The number of hydrogen-bond acceptors (Lipinski definition) is 3. The zero-order chi connectivity index (χ0) is 8.97. The molecule has 0 aromatic rings. The maximum absolute atomic E-state index is 10.1. The molecule has 1 rings (SSSR count). The Bertz CT molecular complexity index is 161. The summed E-state index contributed by atoms with van der Waals surface area (Å²) in [5, 5.41) is 10.1. The molecule has 1 fully saturated rings. The molecule has 0 saturated carbocycles. The number of piperidine rings is 1. The largest absolute Gasteiger partial charge is 0.297 e. The van der Waals surface area contributed by atoms with Crippen molar-refractivity contribution in [1.82, 2.24) is 4.90 Å². The fraction of sp³-hybridized carbons (Fsp3) is 1.00. The first-order valence-electron chi connectivity index (χ1n) is 4.52. The van der Waals surface area contributed by atoms with E-state index in [1.807, 2.05) is 0 Å². The van der Waals surface area contributed by atoms with E-state index in [0.29, 0.717) is 12.5 Å². The summed E-state index contributed by atoms with van der Waals surface area (Å²) in [6.45, 7) is 4.99. The van der Waals surface area contributed by atoms with Crippen LogP contribution in [0.2, 0.25) is 0 Å². The molecule has 12 heavy (non-hydrogen) atoms. The van der Waals surface area contributed by atoms with Gasteiger partial charge >= 0.3 is 0 Å². The highest BCUT2D eigenvalue weighted by Gasteiger charge is 2.16. The van der Waals surface area contributed by atoms with E-state index in [-0.39, 0.29) is 11.5 Å². The third-order valence-corrected chi connectivity index (χ3v) is 2.34. The van der Waals surface area contributed by atoms with Crippen LogP contribution in [0.4, 0.5) is 0 Å². The monoisotopic (exact) mass is 172 g/mol. The molecule has 0 aromatic carbocycles. The van der Waals surface area contributed by atoms with Gasteiger partial charge in [0.15, 0.2) is 0 Å². The van der Waals surface area contributed by atoms with Gasteiger partial charge in [0.1, 0.15) is 0 Å². The van der Waals surface area contributed by atoms with Crippen LogP contribution in [0.15, 0.2) is 0 Å². The minimum atomic E-state index is -0.237. The fourth-order valence-electron chi connectivity index (χ4n) is 1.71. The molecule has 1 aliphatic rings. The van der Waals surface area contributed by atoms with Crippen LogP contribution in [0.25, 0.3) is 0 Å². The van der Waals surface area contributed by atoms with E-state index >= 15 is 0 Å². The summed E-state index contributed by atoms with van der Waals surface area (Å²) in [5.41, 5.74) is 0. The summed E-state index contributed by atoms with van der Waals surface area (Å²) in [6, 6.07) is 0. The highest BCUT2D eigenvalue weighted by Crippen LogP contribution is 2.14. The number of hydrogen-bond donors (Lipinski definition) is 0. The van der Waals surface area contributed by atoms with Crippen molar-refractivity contribution in [1.29, 1.82) is 0 Å². The Morgan fingerprint density at radius 1 is 1.67 bits per heavy atom. The van der Waals surface area contributed by atoms with Gasteiger partial charge in [-0.3, -0.25) is 15.0 Å². The van der Waals surface area contributed by atoms with Gasteiger partial charge in [0.05, 0.1) is 6.54 Å². The van der Waals surface area contributed by atoms with Crippen molar-refractivity contribution < 1.29 is 4.92 Å². The second kappa shape index (κ2) is 4.40. The molecule has 0 radical (unpaired) electrons. The number of rotatable bonds is 3. The average molecular weight is 172 g/mol. The summed E-state index contributed by atoms with van der Waals surface area (Å²) in [4.78, 5) is 12.1. The maximum Gasteiger partial charge on any atom is 0.216 e. The molecule has 0 amide bonds. The molecular formula is C8H16N2O2. The molecule has 70 valence electrons. The van der Waals surface area contributed by atoms with Crippen LogP contribution in [0.3, 0.4) is 0 Å². The Balaban J connectivity index is 2.18. The molecule has 0 N–H and O–H groups in total. The predicted molar refractivity (Wildman–Crippen MR) is 46.7 cm³/mol. The van der Waals surface area contributed by atoms with Crippen molar-refractivity contribution in [2.75, 3.05) is 26.2 Å². The first-order valence-corrected chi connectivity index (χ1v) is 4.52. The van der Waals surface area contributed by atoms with Crippen LogP contribution < -0.4 is 0 Å². The second-order valence-corrected chi connectivity index (χ2v) is 3.60. The van der Waals surface area contributed by atoms with Gasteiger partial charge in [0.25, 0.3) is 0 Å². The highest BCUT2D eigenvalue weighted by molar-refractivity contribution is 4.69. The maximum atomic E-state index is 10.1. The quantitative estimate of drug-likeness (QED) is 0.471. The van der Waals surface area contributed by atoms with E-state index in [9.17, 15) is 10.1 Å². The van der Waals surface area contributed by atoms with Crippen LogP contribution in [0.5, 0.6) is 0 Å². The minimum absolute atomic E-state index is 0.0900. The lowest BCUT2D eigenvalue weighted by Gasteiger charge is -2.29. The lowest BCUT2D eigenvalue weighted by atomic mass is 10.0. The van der Waals surface area contributed by atoms with E-state index in [0.717, 1.165) is 13.1 Å². The van der Waals surface area contributed by atoms with Gasteiger partial charge in [0, 0.05) is 11.5 Å². The third kappa shape index (κ3) is 3.17. The van der Waals surface area contributed by atoms with E-state index < -0.39 is 0 Å². The molecular weight excluding hydrogens is 156 g/mol. The summed E-state index contributed by atoms with van der Waals surface area (Å²) in [7, 11) is 0. The summed E-state index contributed by atoms with van der Waals surface area (Å²) in [5.74, 6) is 0.713. The molecule has 1 unspecified atom stereocenters. The van der Waals surface area contributed by atoms with E-state index in [2.05, 4.69) is 11.8 Å². The SMILES string of the molecule is CC1CCCN(CC[N+](=O)[O-])C1. The number of likely N-dealkylation sites (tertiary alicyclic amines) is 1. The molecule has 0 bridgehead atoms. The zero-order valence-corrected chi connectivity index (χ0v) is 7.53. The Morgan fingerprint density at radius 2 is 2.42 bits per heavy atom. The van der Waals surface area contributed by atoms with Crippen LogP contribution in [-0.2, 0) is 0 Å². The van der Waals surface area contributed by atoms with Crippen molar-refractivity contribution in [3.8, 4) is 0 Å². The Hall–Kier alpha value is -0.640. The molecule has 0 spiro atoms. The first kappa shape index (κ1) is 9.45. The van der Waals surface area contributed by atoms with Gasteiger partial charge in [-0.2, -0.15) is 0 Å². The van der Waals surface area contributed by atoms with Gasteiger partial charge in [-0.15, -0.1) is 0 Å². The molecule has 1 saturated heterocycles. The molecule has 1 atom stereocenters. The fourth-order valence-corrected chi connectivity index (χ4v) is 1.71. The highest BCUT2D eigenvalue weighted by atomic mass is 16.6. The smallest absolute Gasteiger partial charge is 0.216 e. The van der Waals surface area contributed by atoms with Crippen LogP contribution in [0.1, 0.15) is 19.8 Å². The first-order chi connectivity index (χ1) is 5.68. The summed E-state index contributed by atoms with van der Waals surface area (Å²) < 4.78 is 0. The third-order valence-electron chi connectivity index (χ3n) is 2.34. The Kier molecular flexibility index (Phi) is 3.47. The minimum Gasteiger partial charge on any atom is -0.297 e. The van der Waals surface area contributed by atoms with Crippen LogP contribution >= 0.6 is 0 Å². The predicted octanol–water partition coefficient (Wildman–Crippen LogP) is 0.995. The molecule has 4 heteroatoms. The number of nitro groups is 1. The van der Waals surface area contributed by atoms with E-state index in [1.165, 1.54) is 12.8 Å². The van der Waals surface area contributed by atoms with E-state index in [1.54, 1.807) is 0 Å². The van der Waals surface area contributed by atoms with Gasteiger partial charge in [-0.25, -0.2) is 0 Å². The Morgan fingerprint density at radius 3 is 3.00 bits per heavy atom. The molecule has 1 heterocycles. The summed E-state index contributed by atoms with van der Waals surface area (Å²) in [6.07, 6.45) is 2.47. The van der Waals surface area contributed by atoms with Gasteiger partial charge < -0.3 is 0 Å². The zero-order valence-electron chi connectivity index (χ0n) is 7.53. The van der Waals surface area contributed by atoms with Gasteiger partial charge in [0.2, 0.25) is 6.54 Å². The van der Waals surface area contributed by atoms with E-state index in [4.69, 9.17) is 0 Å².